The van der Waals surface area contributed by atoms with E-state index in [1.165, 1.54) is 0 Å². The lowest BCUT2D eigenvalue weighted by molar-refractivity contribution is -0.137. The highest BCUT2D eigenvalue weighted by Crippen LogP contribution is 2.42. The van der Waals surface area contributed by atoms with Crippen LogP contribution in [0.1, 0.15) is 39.2 Å². The Bertz CT molecular complexity index is 496. The average Bonchev–Trinajstić information content (AvgIpc) is 2.49. The summed E-state index contributed by atoms with van der Waals surface area (Å²) in [7, 11) is 0. The Hall–Kier alpha value is -0.900. The van der Waals surface area contributed by atoms with Gasteiger partial charge in [-0.15, -0.1) is 0 Å². The van der Waals surface area contributed by atoms with Gasteiger partial charge in [-0.3, -0.25) is 0 Å². The summed E-state index contributed by atoms with van der Waals surface area (Å²) in [6, 6.07) is 3.82. The SMILES string of the molecule is CC1CC(C)(C)CC1Nc1cc(Cl)cc(C(F)(F)F)c1. The Morgan fingerprint density at radius 1 is 1.20 bits per heavy atom. The van der Waals surface area contributed by atoms with Crippen LogP contribution >= 0.6 is 11.6 Å². The first-order chi connectivity index (χ1) is 9.07. The maximum Gasteiger partial charge on any atom is 0.416 e. The lowest BCUT2D eigenvalue weighted by Gasteiger charge is -2.21. The molecule has 112 valence electrons. The molecule has 2 rings (SSSR count). The molecule has 1 fully saturated rings. The van der Waals surface area contributed by atoms with E-state index in [2.05, 4.69) is 26.1 Å². The van der Waals surface area contributed by atoms with Gasteiger partial charge in [0.15, 0.2) is 0 Å². The van der Waals surface area contributed by atoms with E-state index < -0.39 is 11.7 Å². The molecule has 2 atom stereocenters. The second kappa shape index (κ2) is 5.14. The first-order valence-electron chi connectivity index (χ1n) is 6.71. The lowest BCUT2D eigenvalue weighted by atomic mass is 9.91. The number of anilines is 1. The lowest BCUT2D eigenvalue weighted by Crippen LogP contribution is -2.22. The molecule has 0 heterocycles. The third kappa shape index (κ3) is 3.60. The highest BCUT2D eigenvalue weighted by molar-refractivity contribution is 6.30. The quantitative estimate of drug-likeness (QED) is 0.750. The second-order valence-electron chi connectivity index (χ2n) is 6.53. The third-order valence-electron chi connectivity index (χ3n) is 3.91. The van der Waals surface area contributed by atoms with Crippen molar-refractivity contribution < 1.29 is 13.2 Å². The molecule has 1 nitrogen and oxygen atoms in total. The van der Waals surface area contributed by atoms with Crippen molar-refractivity contribution in [2.45, 2.75) is 45.8 Å². The van der Waals surface area contributed by atoms with E-state index in [9.17, 15) is 13.2 Å². The molecule has 0 saturated heterocycles. The maximum absolute atomic E-state index is 12.8. The van der Waals surface area contributed by atoms with Gasteiger partial charge in [0, 0.05) is 16.8 Å². The molecule has 0 radical (unpaired) electrons. The van der Waals surface area contributed by atoms with Gasteiger partial charge in [-0.25, -0.2) is 0 Å². The number of halogens is 4. The second-order valence-corrected chi connectivity index (χ2v) is 6.96. The summed E-state index contributed by atoms with van der Waals surface area (Å²) in [5.41, 5.74) is -0.0421. The van der Waals surface area contributed by atoms with Crippen molar-refractivity contribution in [1.82, 2.24) is 0 Å². The molecular formula is C15H19ClF3N. The molecule has 1 aliphatic carbocycles. The number of rotatable bonds is 2. The van der Waals surface area contributed by atoms with Crippen molar-refractivity contribution in [2.24, 2.45) is 11.3 Å². The Kier molecular flexibility index (Phi) is 3.98. The largest absolute Gasteiger partial charge is 0.416 e. The molecule has 0 amide bonds. The van der Waals surface area contributed by atoms with Crippen LogP contribution in [0.5, 0.6) is 0 Å². The molecule has 1 aromatic carbocycles. The fourth-order valence-corrected chi connectivity index (χ4v) is 3.37. The molecule has 1 aromatic rings. The number of alkyl halides is 3. The summed E-state index contributed by atoms with van der Waals surface area (Å²) in [5.74, 6) is 0.429. The molecule has 1 saturated carbocycles. The summed E-state index contributed by atoms with van der Waals surface area (Å²) >= 11 is 5.79. The molecule has 20 heavy (non-hydrogen) atoms. The number of benzene rings is 1. The summed E-state index contributed by atoms with van der Waals surface area (Å²) < 4.78 is 38.3. The van der Waals surface area contributed by atoms with Crippen LogP contribution in [0.3, 0.4) is 0 Å². The minimum atomic E-state index is -4.37. The van der Waals surface area contributed by atoms with Crippen molar-refractivity contribution in [3.8, 4) is 0 Å². The standard InChI is InChI=1S/C15H19ClF3N/c1-9-7-14(2,3)8-13(9)20-12-5-10(15(17,18)19)4-11(16)6-12/h4-6,9,13,20H,7-8H2,1-3H3. The first kappa shape index (κ1) is 15.5. The van der Waals surface area contributed by atoms with Gasteiger partial charge in [-0.2, -0.15) is 13.2 Å². The predicted octanol–water partition coefficient (Wildman–Crippen LogP) is 5.60. The van der Waals surface area contributed by atoms with E-state index in [-0.39, 0.29) is 16.5 Å². The summed E-state index contributed by atoms with van der Waals surface area (Å²) in [4.78, 5) is 0. The molecule has 0 aliphatic heterocycles. The Morgan fingerprint density at radius 3 is 2.35 bits per heavy atom. The average molecular weight is 306 g/mol. The summed E-state index contributed by atoms with van der Waals surface area (Å²) in [6.45, 7) is 6.50. The highest BCUT2D eigenvalue weighted by atomic mass is 35.5. The van der Waals surface area contributed by atoms with Crippen LogP contribution in [0.2, 0.25) is 5.02 Å². The van der Waals surface area contributed by atoms with E-state index in [0.29, 0.717) is 11.6 Å². The van der Waals surface area contributed by atoms with E-state index in [0.717, 1.165) is 25.0 Å². The van der Waals surface area contributed by atoms with Gasteiger partial charge in [0.05, 0.1) is 5.56 Å². The Balaban J connectivity index is 2.20. The third-order valence-corrected chi connectivity index (χ3v) is 4.13. The zero-order valence-electron chi connectivity index (χ0n) is 11.8. The van der Waals surface area contributed by atoms with Gasteiger partial charge in [-0.05, 0) is 42.4 Å². The number of nitrogens with one attached hydrogen (secondary N) is 1. The van der Waals surface area contributed by atoms with Crippen LogP contribution in [-0.2, 0) is 6.18 Å². The van der Waals surface area contributed by atoms with Crippen molar-refractivity contribution in [2.75, 3.05) is 5.32 Å². The monoisotopic (exact) mass is 305 g/mol. The minimum Gasteiger partial charge on any atom is -0.382 e. The number of hydrogen-bond donors (Lipinski definition) is 1. The van der Waals surface area contributed by atoms with E-state index in [1.807, 2.05) is 0 Å². The molecule has 1 N–H and O–H groups in total. The van der Waals surface area contributed by atoms with Gasteiger partial charge in [0.2, 0.25) is 0 Å². The zero-order chi connectivity index (χ0) is 15.1. The van der Waals surface area contributed by atoms with Crippen molar-refractivity contribution in [1.29, 1.82) is 0 Å². The van der Waals surface area contributed by atoms with Gasteiger partial charge in [0.1, 0.15) is 0 Å². The fourth-order valence-electron chi connectivity index (χ4n) is 3.14. The van der Waals surface area contributed by atoms with Crippen LogP contribution < -0.4 is 5.32 Å². The van der Waals surface area contributed by atoms with Crippen LogP contribution in [0, 0.1) is 11.3 Å². The molecule has 1 aliphatic rings. The summed E-state index contributed by atoms with van der Waals surface area (Å²) in [6.07, 6.45) is -2.36. The van der Waals surface area contributed by atoms with Crippen molar-refractivity contribution >= 4 is 17.3 Å². The predicted molar refractivity (Wildman–Crippen MR) is 76.0 cm³/mol. The normalized spacial score (nSPS) is 25.8. The molecular weight excluding hydrogens is 287 g/mol. The first-order valence-corrected chi connectivity index (χ1v) is 7.09. The van der Waals surface area contributed by atoms with Gasteiger partial charge >= 0.3 is 6.18 Å². The topological polar surface area (TPSA) is 12.0 Å². The molecule has 5 heteroatoms. The molecule has 0 spiro atoms. The smallest absolute Gasteiger partial charge is 0.382 e. The van der Waals surface area contributed by atoms with Crippen molar-refractivity contribution in [3.63, 3.8) is 0 Å². The highest BCUT2D eigenvalue weighted by Gasteiger charge is 2.37. The maximum atomic E-state index is 12.8. The Morgan fingerprint density at radius 2 is 1.85 bits per heavy atom. The Labute approximate surface area is 122 Å². The van der Waals surface area contributed by atoms with Crippen LogP contribution in [0.4, 0.5) is 18.9 Å². The summed E-state index contributed by atoms with van der Waals surface area (Å²) in [5, 5.41) is 3.32. The molecule has 2 unspecified atom stereocenters. The molecule has 0 aromatic heterocycles. The van der Waals surface area contributed by atoms with Gasteiger partial charge in [-0.1, -0.05) is 32.4 Å². The zero-order valence-corrected chi connectivity index (χ0v) is 12.6. The van der Waals surface area contributed by atoms with Crippen LogP contribution in [-0.4, -0.2) is 6.04 Å². The van der Waals surface area contributed by atoms with Gasteiger partial charge in [0.25, 0.3) is 0 Å². The number of hydrogen-bond acceptors (Lipinski definition) is 1. The van der Waals surface area contributed by atoms with E-state index in [1.54, 1.807) is 6.07 Å². The van der Waals surface area contributed by atoms with E-state index >= 15 is 0 Å². The van der Waals surface area contributed by atoms with Gasteiger partial charge < -0.3 is 5.32 Å². The van der Waals surface area contributed by atoms with Crippen LogP contribution in [0.25, 0.3) is 0 Å². The van der Waals surface area contributed by atoms with Crippen LogP contribution in [0.15, 0.2) is 18.2 Å². The van der Waals surface area contributed by atoms with E-state index in [4.69, 9.17) is 11.6 Å². The van der Waals surface area contributed by atoms with Crippen molar-refractivity contribution in [3.05, 3.63) is 28.8 Å². The molecule has 0 bridgehead atoms. The fraction of sp³-hybridized carbons (Fsp3) is 0.600. The minimum absolute atomic E-state index is 0.104.